The summed E-state index contributed by atoms with van der Waals surface area (Å²) in [7, 11) is 0. The summed E-state index contributed by atoms with van der Waals surface area (Å²) >= 11 is 0. The van der Waals surface area contributed by atoms with Crippen molar-refractivity contribution < 1.29 is 18.9 Å². The number of rotatable bonds is 1. The van der Waals surface area contributed by atoms with Gasteiger partial charge in [0.1, 0.15) is 0 Å². The maximum Gasteiger partial charge on any atom is 0.231 e. The molecule has 0 unspecified atom stereocenters. The minimum absolute atomic E-state index is 0.273. The highest BCUT2D eigenvalue weighted by molar-refractivity contribution is 5.58. The molecule has 24 heavy (non-hydrogen) atoms. The van der Waals surface area contributed by atoms with Gasteiger partial charge in [0.05, 0.1) is 0 Å². The van der Waals surface area contributed by atoms with Crippen molar-refractivity contribution in [2.75, 3.05) is 13.6 Å². The van der Waals surface area contributed by atoms with Crippen LogP contribution in [0.4, 0.5) is 0 Å². The van der Waals surface area contributed by atoms with Crippen molar-refractivity contribution in [3.05, 3.63) is 47.0 Å². The van der Waals surface area contributed by atoms with E-state index in [0.29, 0.717) is 25.4 Å². The Bertz CT molecular complexity index is 814. The van der Waals surface area contributed by atoms with Crippen LogP contribution in [0.15, 0.2) is 30.3 Å². The maximum atomic E-state index is 5.85. The second-order valence-electron chi connectivity index (χ2n) is 7.00. The van der Waals surface area contributed by atoms with E-state index < -0.39 is 0 Å². The van der Waals surface area contributed by atoms with Crippen LogP contribution in [0.5, 0.6) is 23.0 Å². The van der Waals surface area contributed by atoms with E-state index in [1.54, 1.807) is 0 Å². The van der Waals surface area contributed by atoms with Crippen molar-refractivity contribution in [2.24, 2.45) is 11.8 Å². The predicted molar refractivity (Wildman–Crippen MR) is 89.0 cm³/mol. The van der Waals surface area contributed by atoms with Crippen molar-refractivity contribution in [3.8, 4) is 23.0 Å². The van der Waals surface area contributed by atoms with Gasteiger partial charge in [-0.15, -0.1) is 0 Å². The molecule has 0 saturated heterocycles. The molecular formula is C20H20O4. The SMILES string of the molecule is C[C@@H]1[C@@H](c2ccc3c(c2)OCO3)c2c(ccc3c2OCO3)C[C@H]1C. The second kappa shape index (κ2) is 5.07. The lowest BCUT2D eigenvalue weighted by Gasteiger charge is -2.37. The third-order valence-corrected chi connectivity index (χ3v) is 5.70. The Balaban J connectivity index is 1.69. The van der Waals surface area contributed by atoms with Gasteiger partial charge in [0.2, 0.25) is 13.6 Å². The molecule has 2 heterocycles. The van der Waals surface area contributed by atoms with E-state index in [1.165, 1.54) is 16.7 Å². The Hall–Kier alpha value is -2.36. The zero-order valence-corrected chi connectivity index (χ0v) is 13.9. The Morgan fingerprint density at radius 3 is 2.50 bits per heavy atom. The normalized spacial score (nSPS) is 26.3. The molecule has 124 valence electrons. The molecule has 0 aromatic heterocycles. The lowest BCUT2D eigenvalue weighted by atomic mass is 9.67. The Kier molecular flexibility index (Phi) is 2.96. The van der Waals surface area contributed by atoms with Crippen LogP contribution in [0, 0.1) is 11.8 Å². The average molecular weight is 324 g/mol. The van der Waals surface area contributed by atoms with Gasteiger partial charge in [-0.25, -0.2) is 0 Å². The molecule has 0 saturated carbocycles. The molecule has 4 heteroatoms. The molecule has 2 aliphatic heterocycles. The van der Waals surface area contributed by atoms with E-state index in [1.807, 2.05) is 12.1 Å². The zero-order valence-electron chi connectivity index (χ0n) is 13.9. The number of hydrogen-bond donors (Lipinski definition) is 0. The van der Waals surface area contributed by atoms with Gasteiger partial charge in [0.15, 0.2) is 23.0 Å². The lowest BCUT2D eigenvalue weighted by molar-refractivity contribution is 0.171. The standard InChI is InChI=1S/C20H20O4/c1-11-7-13-4-6-16-20(24-10-22-16)19(13)18(12(11)2)14-3-5-15-17(8-14)23-9-21-15/h3-6,8,11-12,18H,7,9-10H2,1-2H3/t11-,12+,18+/m1/s1. The van der Waals surface area contributed by atoms with Gasteiger partial charge < -0.3 is 18.9 Å². The van der Waals surface area contributed by atoms with E-state index in [4.69, 9.17) is 18.9 Å². The Labute approximate surface area is 141 Å². The van der Waals surface area contributed by atoms with Crippen molar-refractivity contribution in [2.45, 2.75) is 26.2 Å². The number of fused-ring (bicyclic) bond motifs is 4. The highest BCUT2D eigenvalue weighted by Gasteiger charge is 2.37. The Morgan fingerprint density at radius 2 is 1.58 bits per heavy atom. The number of hydrogen-bond acceptors (Lipinski definition) is 4. The molecule has 4 nitrogen and oxygen atoms in total. The van der Waals surface area contributed by atoms with Gasteiger partial charge in [0, 0.05) is 11.5 Å². The number of ether oxygens (including phenoxy) is 4. The van der Waals surface area contributed by atoms with Crippen LogP contribution in [-0.4, -0.2) is 13.6 Å². The fourth-order valence-electron chi connectivity index (χ4n) is 4.25. The highest BCUT2D eigenvalue weighted by atomic mass is 16.7. The minimum atomic E-state index is 0.273. The van der Waals surface area contributed by atoms with Crippen molar-refractivity contribution in [1.82, 2.24) is 0 Å². The quantitative estimate of drug-likeness (QED) is 0.791. The van der Waals surface area contributed by atoms with Crippen molar-refractivity contribution >= 4 is 0 Å². The summed E-state index contributed by atoms with van der Waals surface area (Å²) in [5.41, 5.74) is 3.91. The molecular weight excluding hydrogens is 304 g/mol. The molecule has 3 atom stereocenters. The van der Waals surface area contributed by atoms with E-state index >= 15 is 0 Å². The molecule has 0 bridgehead atoms. The van der Waals surface area contributed by atoms with Crippen LogP contribution < -0.4 is 18.9 Å². The average Bonchev–Trinajstić information content (AvgIpc) is 3.23. The fraction of sp³-hybridized carbons (Fsp3) is 0.400. The third kappa shape index (κ3) is 1.92. The lowest BCUT2D eigenvalue weighted by Crippen LogP contribution is -2.27. The van der Waals surface area contributed by atoms with Crippen molar-refractivity contribution in [3.63, 3.8) is 0 Å². The van der Waals surface area contributed by atoms with Crippen LogP contribution in [-0.2, 0) is 6.42 Å². The molecule has 5 rings (SSSR count). The molecule has 2 aromatic rings. The van der Waals surface area contributed by atoms with Gasteiger partial charge >= 0.3 is 0 Å². The van der Waals surface area contributed by atoms with E-state index in [0.717, 1.165) is 29.4 Å². The van der Waals surface area contributed by atoms with Crippen LogP contribution in [0.2, 0.25) is 0 Å². The van der Waals surface area contributed by atoms with Crippen LogP contribution in [0.25, 0.3) is 0 Å². The smallest absolute Gasteiger partial charge is 0.231 e. The molecule has 0 radical (unpaired) electrons. The first-order valence-electron chi connectivity index (χ1n) is 8.53. The van der Waals surface area contributed by atoms with Crippen LogP contribution in [0.3, 0.4) is 0 Å². The van der Waals surface area contributed by atoms with Gasteiger partial charge in [-0.05, 0) is 47.6 Å². The second-order valence-corrected chi connectivity index (χ2v) is 7.00. The third-order valence-electron chi connectivity index (χ3n) is 5.70. The predicted octanol–water partition coefficient (Wildman–Crippen LogP) is 4.10. The van der Waals surface area contributed by atoms with E-state index in [-0.39, 0.29) is 5.92 Å². The van der Waals surface area contributed by atoms with Gasteiger partial charge in [-0.1, -0.05) is 26.0 Å². The molecule has 0 spiro atoms. The molecule has 0 amide bonds. The first kappa shape index (κ1) is 14.0. The summed E-state index contributed by atoms with van der Waals surface area (Å²) in [4.78, 5) is 0. The summed E-state index contributed by atoms with van der Waals surface area (Å²) in [6.45, 7) is 5.28. The zero-order chi connectivity index (χ0) is 16.3. The molecule has 2 aromatic carbocycles. The largest absolute Gasteiger partial charge is 0.454 e. The van der Waals surface area contributed by atoms with E-state index in [2.05, 4.69) is 32.0 Å². The summed E-state index contributed by atoms with van der Waals surface area (Å²) in [6.07, 6.45) is 1.08. The topological polar surface area (TPSA) is 36.9 Å². The highest BCUT2D eigenvalue weighted by Crippen LogP contribution is 2.52. The molecule has 1 aliphatic carbocycles. The van der Waals surface area contributed by atoms with Crippen LogP contribution >= 0.6 is 0 Å². The fourth-order valence-corrected chi connectivity index (χ4v) is 4.25. The summed E-state index contributed by atoms with van der Waals surface area (Å²) in [6, 6.07) is 10.5. The monoisotopic (exact) mass is 324 g/mol. The maximum absolute atomic E-state index is 5.85. The van der Waals surface area contributed by atoms with Crippen LogP contribution in [0.1, 0.15) is 36.5 Å². The van der Waals surface area contributed by atoms with Gasteiger partial charge in [0.25, 0.3) is 0 Å². The minimum Gasteiger partial charge on any atom is -0.454 e. The number of benzene rings is 2. The first-order valence-corrected chi connectivity index (χ1v) is 8.53. The van der Waals surface area contributed by atoms with Gasteiger partial charge in [-0.2, -0.15) is 0 Å². The van der Waals surface area contributed by atoms with E-state index in [9.17, 15) is 0 Å². The van der Waals surface area contributed by atoms with Crippen molar-refractivity contribution in [1.29, 1.82) is 0 Å². The first-order chi connectivity index (χ1) is 11.7. The summed E-state index contributed by atoms with van der Waals surface area (Å²) in [5.74, 6) is 4.84. The van der Waals surface area contributed by atoms with Gasteiger partial charge in [-0.3, -0.25) is 0 Å². The molecule has 0 fully saturated rings. The summed E-state index contributed by atoms with van der Waals surface area (Å²) in [5, 5.41) is 0. The molecule has 0 N–H and O–H groups in total. The summed E-state index contributed by atoms with van der Waals surface area (Å²) < 4.78 is 22.5. The molecule has 3 aliphatic rings. The Morgan fingerprint density at radius 1 is 0.833 bits per heavy atom.